The van der Waals surface area contributed by atoms with Gasteiger partial charge in [-0.1, -0.05) is 0 Å². The summed E-state index contributed by atoms with van der Waals surface area (Å²) in [7, 11) is 0. The Balaban J connectivity index is 1.68. The Kier molecular flexibility index (Phi) is 6.71. The first-order valence-corrected chi connectivity index (χ1v) is 10.4. The molecule has 29 heavy (non-hydrogen) atoms. The molecule has 1 aromatic rings. The van der Waals surface area contributed by atoms with Gasteiger partial charge in [0, 0.05) is 31.2 Å². The van der Waals surface area contributed by atoms with E-state index in [1.807, 2.05) is 18.7 Å². The van der Waals surface area contributed by atoms with Crippen LogP contribution in [0.5, 0.6) is 0 Å². The van der Waals surface area contributed by atoms with Crippen LogP contribution in [0.3, 0.4) is 0 Å². The molecule has 0 saturated carbocycles. The van der Waals surface area contributed by atoms with E-state index in [9.17, 15) is 19.7 Å². The van der Waals surface area contributed by atoms with Gasteiger partial charge in [-0.25, -0.2) is 4.79 Å². The lowest BCUT2D eigenvalue weighted by molar-refractivity contribution is -0.384. The molecule has 2 aliphatic heterocycles. The van der Waals surface area contributed by atoms with Gasteiger partial charge in [0.1, 0.15) is 5.69 Å². The molecule has 8 heteroatoms. The van der Waals surface area contributed by atoms with E-state index >= 15 is 0 Å². The summed E-state index contributed by atoms with van der Waals surface area (Å²) in [5.74, 6) is -0.943. The van der Waals surface area contributed by atoms with Crippen molar-refractivity contribution in [3.05, 3.63) is 33.9 Å². The number of anilines is 1. The van der Waals surface area contributed by atoms with Crippen molar-refractivity contribution in [1.82, 2.24) is 4.90 Å². The first kappa shape index (κ1) is 21.1. The van der Waals surface area contributed by atoms with Crippen LogP contribution in [0.25, 0.3) is 0 Å². The third-order valence-corrected chi connectivity index (χ3v) is 5.91. The number of hydrogen-bond acceptors (Lipinski definition) is 6. The molecule has 158 valence electrons. The van der Waals surface area contributed by atoms with Gasteiger partial charge in [-0.2, -0.15) is 0 Å². The van der Waals surface area contributed by atoms with E-state index in [0.717, 1.165) is 51.6 Å². The molecule has 3 rings (SSSR count). The molecular formula is C21H29N3O5. The molecule has 2 saturated heterocycles. The van der Waals surface area contributed by atoms with Crippen molar-refractivity contribution in [2.45, 2.75) is 64.5 Å². The summed E-state index contributed by atoms with van der Waals surface area (Å²) in [5.41, 5.74) is 0.509. The van der Waals surface area contributed by atoms with Gasteiger partial charge in [0.25, 0.3) is 11.6 Å². The van der Waals surface area contributed by atoms with Crippen LogP contribution < -0.4 is 4.90 Å². The molecule has 0 spiro atoms. The number of likely N-dealkylation sites (tertiary alicyclic amines) is 1. The average molecular weight is 403 g/mol. The van der Waals surface area contributed by atoms with Gasteiger partial charge in [0.15, 0.2) is 6.61 Å². The third kappa shape index (κ3) is 4.86. The summed E-state index contributed by atoms with van der Waals surface area (Å²) >= 11 is 0. The number of nitrogens with zero attached hydrogens (tertiary/aromatic N) is 3. The van der Waals surface area contributed by atoms with Crippen LogP contribution in [0, 0.1) is 10.1 Å². The predicted molar refractivity (Wildman–Crippen MR) is 109 cm³/mol. The number of rotatable bonds is 5. The summed E-state index contributed by atoms with van der Waals surface area (Å²) in [6, 6.07) is 4.64. The Bertz CT molecular complexity index is 766. The molecule has 0 radical (unpaired) electrons. The number of nitro groups is 1. The summed E-state index contributed by atoms with van der Waals surface area (Å²) in [5, 5.41) is 11.6. The fourth-order valence-corrected chi connectivity index (χ4v) is 4.40. The highest BCUT2D eigenvalue weighted by atomic mass is 16.6. The normalized spacial score (nSPS) is 22.3. The molecule has 2 atom stereocenters. The van der Waals surface area contributed by atoms with Crippen molar-refractivity contribution < 1.29 is 19.2 Å². The van der Waals surface area contributed by atoms with Crippen molar-refractivity contribution in [2.75, 3.05) is 24.6 Å². The standard InChI is InChI=1S/C21H29N3O5/c1-15-7-6-8-16(2)23(15)20(25)14-29-21(26)17-9-10-18(19(13-17)24(27)28)22-11-4-3-5-12-22/h9-10,13,15-16H,3-8,11-12,14H2,1-2H3. The Hall–Kier alpha value is -2.64. The lowest BCUT2D eigenvalue weighted by Gasteiger charge is -2.38. The molecule has 2 fully saturated rings. The molecule has 8 nitrogen and oxygen atoms in total. The quantitative estimate of drug-likeness (QED) is 0.424. The van der Waals surface area contributed by atoms with Gasteiger partial charge >= 0.3 is 5.97 Å². The molecule has 0 N–H and O–H groups in total. The maximum atomic E-state index is 12.5. The molecule has 0 aromatic heterocycles. The maximum absolute atomic E-state index is 12.5. The van der Waals surface area contributed by atoms with Crippen LogP contribution in [0.2, 0.25) is 0 Å². The number of carbonyl (C=O) groups is 2. The number of esters is 1. The highest BCUT2D eigenvalue weighted by Gasteiger charge is 2.30. The van der Waals surface area contributed by atoms with Crippen molar-refractivity contribution in [3.8, 4) is 0 Å². The van der Waals surface area contributed by atoms with E-state index in [-0.39, 0.29) is 35.8 Å². The van der Waals surface area contributed by atoms with Crippen molar-refractivity contribution >= 4 is 23.3 Å². The zero-order valence-electron chi connectivity index (χ0n) is 17.1. The summed E-state index contributed by atoms with van der Waals surface area (Å²) in [6.45, 7) is 5.18. The molecule has 1 aromatic carbocycles. The van der Waals surface area contributed by atoms with E-state index in [1.165, 1.54) is 12.1 Å². The molecule has 2 unspecified atom stereocenters. The van der Waals surface area contributed by atoms with E-state index < -0.39 is 10.9 Å². The van der Waals surface area contributed by atoms with Gasteiger partial charge in [0.2, 0.25) is 0 Å². The zero-order valence-corrected chi connectivity index (χ0v) is 17.1. The molecule has 2 aliphatic rings. The van der Waals surface area contributed by atoms with Crippen LogP contribution in [0.1, 0.15) is 62.7 Å². The Morgan fingerprint density at radius 2 is 1.76 bits per heavy atom. The number of nitro benzene ring substituents is 1. The number of ether oxygens (including phenoxy) is 1. The molecule has 0 aliphatic carbocycles. The third-order valence-electron chi connectivity index (χ3n) is 5.91. The van der Waals surface area contributed by atoms with Crippen LogP contribution in [0.4, 0.5) is 11.4 Å². The molecule has 2 heterocycles. The lowest BCUT2D eigenvalue weighted by Crippen LogP contribution is -2.49. The van der Waals surface area contributed by atoms with Crippen LogP contribution in [-0.2, 0) is 9.53 Å². The average Bonchev–Trinajstić information content (AvgIpc) is 2.72. The van der Waals surface area contributed by atoms with Crippen molar-refractivity contribution in [2.24, 2.45) is 0 Å². The van der Waals surface area contributed by atoms with E-state index in [0.29, 0.717) is 5.69 Å². The Morgan fingerprint density at radius 3 is 2.38 bits per heavy atom. The topological polar surface area (TPSA) is 93.0 Å². The molecule has 1 amide bonds. The van der Waals surface area contributed by atoms with E-state index in [4.69, 9.17) is 4.74 Å². The second-order valence-electron chi connectivity index (χ2n) is 8.01. The van der Waals surface area contributed by atoms with Crippen molar-refractivity contribution in [3.63, 3.8) is 0 Å². The van der Waals surface area contributed by atoms with E-state index in [1.54, 1.807) is 11.0 Å². The highest BCUT2D eigenvalue weighted by Crippen LogP contribution is 2.31. The van der Waals surface area contributed by atoms with E-state index in [2.05, 4.69) is 0 Å². The van der Waals surface area contributed by atoms with Gasteiger partial charge in [-0.15, -0.1) is 0 Å². The largest absolute Gasteiger partial charge is 0.452 e. The Labute approximate surface area is 171 Å². The fourth-order valence-electron chi connectivity index (χ4n) is 4.40. The molecular weight excluding hydrogens is 374 g/mol. The van der Waals surface area contributed by atoms with Gasteiger partial charge in [-0.05, 0) is 64.5 Å². The minimum Gasteiger partial charge on any atom is -0.452 e. The summed E-state index contributed by atoms with van der Waals surface area (Å²) < 4.78 is 5.19. The van der Waals surface area contributed by atoms with Crippen molar-refractivity contribution in [1.29, 1.82) is 0 Å². The minimum atomic E-state index is -0.719. The number of amides is 1. The summed E-state index contributed by atoms with van der Waals surface area (Å²) in [6.07, 6.45) is 6.07. The summed E-state index contributed by atoms with van der Waals surface area (Å²) in [4.78, 5) is 39.8. The Morgan fingerprint density at radius 1 is 1.10 bits per heavy atom. The lowest BCUT2D eigenvalue weighted by atomic mass is 9.97. The number of hydrogen-bond donors (Lipinski definition) is 0. The monoisotopic (exact) mass is 403 g/mol. The van der Waals surface area contributed by atoms with Gasteiger partial charge in [-0.3, -0.25) is 14.9 Å². The SMILES string of the molecule is CC1CCCC(C)N1C(=O)COC(=O)c1ccc(N2CCCCC2)c([N+](=O)[O-])c1. The zero-order chi connectivity index (χ0) is 21.0. The first-order valence-electron chi connectivity index (χ1n) is 10.4. The molecule has 0 bridgehead atoms. The fraction of sp³-hybridized carbons (Fsp3) is 0.619. The maximum Gasteiger partial charge on any atom is 0.338 e. The number of carbonyl (C=O) groups excluding carboxylic acids is 2. The smallest absolute Gasteiger partial charge is 0.338 e. The number of benzene rings is 1. The van der Waals surface area contributed by atoms with Crippen LogP contribution >= 0.6 is 0 Å². The van der Waals surface area contributed by atoms with Crippen LogP contribution in [-0.4, -0.2) is 53.5 Å². The number of piperidine rings is 2. The predicted octanol–water partition coefficient (Wildman–Crippen LogP) is 3.53. The highest BCUT2D eigenvalue weighted by molar-refractivity contribution is 5.93. The second-order valence-corrected chi connectivity index (χ2v) is 8.01. The minimum absolute atomic E-state index is 0.0880. The second kappa shape index (κ2) is 9.24. The van der Waals surface area contributed by atoms with Crippen LogP contribution in [0.15, 0.2) is 18.2 Å². The van der Waals surface area contributed by atoms with Gasteiger partial charge in [0.05, 0.1) is 10.5 Å². The first-order chi connectivity index (χ1) is 13.9. The van der Waals surface area contributed by atoms with Gasteiger partial charge < -0.3 is 14.5 Å².